The van der Waals surface area contributed by atoms with Crippen LogP contribution in [0.25, 0.3) is 11.1 Å². The van der Waals surface area contributed by atoms with Crippen molar-refractivity contribution in [3.8, 4) is 11.1 Å². The number of fused-ring (bicyclic) bond motifs is 1. The van der Waals surface area contributed by atoms with E-state index in [-0.39, 0.29) is 0 Å². The van der Waals surface area contributed by atoms with Crippen LogP contribution in [0.15, 0.2) is 48.5 Å². The molecule has 3 rings (SSSR count). The van der Waals surface area contributed by atoms with Gasteiger partial charge >= 0.3 is 37.9 Å². The third-order valence-electron chi connectivity index (χ3n) is 3.99. The van der Waals surface area contributed by atoms with Gasteiger partial charge in [-0.1, -0.05) is 62.4 Å². The van der Waals surface area contributed by atoms with Gasteiger partial charge in [-0.3, -0.25) is 0 Å². The molecule has 2 aromatic rings. The SMILES string of the molecule is CC(C)C1[CH]c2cccc(-c3ccccc3)c2C1.[Cl][Zr][Cl]. The summed E-state index contributed by atoms with van der Waals surface area (Å²) in [5.41, 5.74) is 5.72. The fraction of sp³-hybridized carbons (Fsp3) is 0.278. The van der Waals surface area contributed by atoms with Gasteiger partial charge in [-0.15, -0.1) is 0 Å². The molecule has 0 aliphatic heterocycles. The van der Waals surface area contributed by atoms with Crippen molar-refractivity contribution in [1.29, 1.82) is 0 Å². The van der Waals surface area contributed by atoms with Gasteiger partial charge in [0, 0.05) is 0 Å². The van der Waals surface area contributed by atoms with Crippen LogP contribution in [0.5, 0.6) is 0 Å². The second-order valence-corrected chi connectivity index (χ2v) is 9.32. The third kappa shape index (κ3) is 4.44. The van der Waals surface area contributed by atoms with Crippen LogP contribution in [-0.2, 0) is 27.3 Å². The van der Waals surface area contributed by atoms with Crippen molar-refractivity contribution >= 4 is 17.0 Å². The first-order valence-electron chi connectivity index (χ1n) is 7.15. The molecule has 0 spiro atoms. The van der Waals surface area contributed by atoms with Crippen LogP contribution in [0.4, 0.5) is 0 Å². The zero-order chi connectivity index (χ0) is 15.2. The normalized spacial score (nSPS) is 16.1. The molecule has 3 heteroatoms. The molecule has 0 bridgehead atoms. The van der Waals surface area contributed by atoms with Crippen molar-refractivity contribution in [2.75, 3.05) is 0 Å². The van der Waals surface area contributed by atoms with E-state index >= 15 is 0 Å². The molecule has 0 nitrogen and oxygen atoms in total. The Kier molecular flexibility index (Phi) is 7.00. The van der Waals surface area contributed by atoms with Crippen molar-refractivity contribution in [3.05, 3.63) is 66.1 Å². The number of hydrogen-bond acceptors (Lipinski definition) is 0. The predicted molar refractivity (Wildman–Crippen MR) is 89.0 cm³/mol. The second-order valence-electron chi connectivity index (χ2n) is 5.59. The Morgan fingerprint density at radius 1 is 1.00 bits per heavy atom. The quantitative estimate of drug-likeness (QED) is 0.573. The van der Waals surface area contributed by atoms with Crippen molar-refractivity contribution in [1.82, 2.24) is 0 Å². The van der Waals surface area contributed by atoms with Gasteiger partial charge in [-0.2, -0.15) is 0 Å². The summed E-state index contributed by atoms with van der Waals surface area (Å²) >= 11 is -0.826. The van der Waals surface area contributed by atoms with Gasteiger partial charge in [-0.25, -0.2) is 0 Å². The molecule has 0 heterocycles. The topological polar surface area (TPSA) is 0 Å². The minimum absolute atomic E-state index is 0.699. The molecule has 0 saturated carbocycles. The van der Waals surface area contributed by atoms with Crippen LogP contribution in [0, 0.1) is 18.3 Å². The molecule has 0 N–H and O–H groups in total. The zero-order valence-corrected chi connectivity index (χ0v) is 16.3. The van der Waals surface area contributed by atoms with E-state index in [1.54, 1.807) is 0 Å². The fourth-order valence-electron chi connectivity index (χ4n) is 2.83. The summed E-state index contributed by atoms with van der Waals surface area (Å²) in [6.07, 6.45) is 3.64. The molecule has 0 saturated heterocycles. The first kappa shape index (κ1) is 17.3. The van der Waals surface area contributed by atoms with Crippen molar-refractivity contribution in [2.45, 2.75) is 20.3 Å². The Hall–Kier alpha value is -0.0969. The van der Waals surface area contributed by atoms with Crippen LogP contribution >= 0.6 is 17.0 Å². The third-order valence-corrected chi connectivity index (χ3v) is 3.99. The maximum atomic E-state index is 4.93. The van der Waals surface area contributed by atoms with Crippen molar-refractivity contribution < 1.29 is 20.8 Å². The molecule has 0 aromatic heterocycles. The maximum absolute atomic E-state index is 4.93. The van der Waals surface area contributed by atoms with Gasteiger partial charge in [0.15, 0.2) is 0 Å². The molecule has 1 unspecified atom stereocenters. The average Bonchev–Trinajstić information content (AvgIpc) is 2.93. The molecule has 1 aliphatic carbocycles. The molecule has 1 radical (unpaired) electrons. The zero-order valence-electron chi connectivity index (χ0n) is 12.3. The van der Waals surface area contributed by atoms with E-state index in [1.807, 2.05) is 0 Å². The Bertz CT molecular complexity index is 567. The van der Waals surface area contributed by atoms with E-state index < -0.39 is 20.8 Å². The summed E-state index contributed by atoms with van der Waals surface area (Å²) in [6.45, 7) is 4.63. The Morgan fingerprint density at radius 3 is 2.29 bits per heavy atom. The first-order chi connectivity index (χ1) is 10.2. The van der Waals surface area contributed by atoms with Gasteiger partial charge in [0.2, 0.25) is 0 Å². The summed E-state index contributed by atoms with van der Waals surface area (Å²) in [5.74, 6) is 1.42. The second kappa shape index (κ2) is 8.51. The summed E-state index contributed by atoms with van der Waals surface area (Å²) in [4.78, 5) is 0. The van der Waals surface area contributed by atoms with Crippen LogP contribution in [0.1, 0.15) is 25.0 Å². The van der Waals surface area contributed by atoms with Crippen LogP contribution in [0.2, 0.25) is 0 Å². The fourth-order valence-corrected chi connectivity index (χ4v) is 2.83. The number of halogens is 2. The van der Waals surface area contributed by atoms with Gasteiger partial charge in [0.1, 0.15) is 0 Å². The van der Waals surface area contributed by atoms with Gasteiger partial charge in [0.05, 0.1) is 0 Å². The van der Waals surface area contributed by atoms with E-state index in [1.165, 1.54) is 28.7 Å². The van der Waals surface area contributed by atoms with Crippen molar-refractivity contribution in [2.24, 2.45) is 11.8 Å². The van der Waals surface area contributed by atoms with E-state index in [2.05, 4.69) is 68.8 Å². The molecule has 1 atom stereocenters. The molecule has 109 valence electrons. The Labute approximate surface area is 146 Å². The molecule has 0 amide bonds. The van der Waals surface area contributed by atoms with Crippen molar-refractivity contribution in [3.63, 3.8) is 0 Å². The molecule has 1 aliphatic rings. The number of hydrogen-bond donors (Lipinski definition) is 0. The number of benzene rings is 2. The average molecular weight is 397 g/mol. The minimum atomic E-state index is -0.826. The van der Waals surface area contributed by atoms with Crippen LogP contribution < -0.4 is 0 Å². The summed E-state index contributed by atoms with van der Waals surface area (Å²) < 4.78 is 0. The molecular weight excluding hydrogens is 378 g/mol. The monoisotopic (exact) mass is 395 g/mol. The van der Waals surface area contributed by atoms with Crippen LogP contribution in [0.3, 0.4) is 0 Å². The van der Waals surface area contributed by atoms with Crippen LogP contribution in [-0.4, -0.2) is 0 Å². The standard InChI is InChI=1S/C18H19.2ClH.Zr/c1-13(2)16-11-15-9-6-10-17(18(15)12-16)14-7-4-3-5-8-14;;;/h3-11,13,16H,12H2,1-2H3;2*1H;/q;;;+2/p-2. The Balaban J connectivity index is 0.000000497. The van der Waals surface area contributed by atoms with E-state index in [4.69, 9.17) is 17.0 Å². The first-order valence-corrected chi connectivity index (χ1v) is 13.5. The van der Waals surface area contributed by atoms with Gasteiger partial charge < -0.3 is 0 Å². The van der Waals surface area contributed by atoms with Gasteiger partial charge in [0.25, 0.3) is 0 Å². The summed E-state index contributed by atoms with van der Waals surface area (Å²) in [5, 5.41) is 0. The van der Waals surface area contributed by atoms with Gasteiger partial charge in [-0.05, 0) is 46.9 Å². The molecule has 0 fully saturated rings. The number of rotatable bonds is 2. The summed E-state index contributed by atoms with van der Waals surface area (Å²) in [7, 11) is 9.87. The van der Waals surface area contributed by atoms with E-state index in [0.29, 0.717) is 5.92 Å². The predicted octanol–water partition coefficient (Wildman–Crippen LogP) is 6.11. The van der Waals surface area contributed by atoms with E-state index in [9.17, 15) is 0 Å². The molecular formula is C18H19Cl2Zr. The molecule has 21 heavy (non-hydrogen) atoms. The molecule has 2 aromatic carbocycles. The summed E-state index contributed by atoms with van der Waals surface area (Å²) in [6, 6.07) is 17.4. The van der Waals surface area contributed by atoms with E-state index in [0.717, 1.165) is 5.92 Å². The Morgan fingerprint density at radius 2 is 1.67 bits per heavy atom.